The van der Waals surface area contributed by atoms with E-state index in [4.69, 9.17) is 10.5 Å². The van der Waals surface area contributed by atoms with Crippen LogP contribution in [0.1, 0.15) is 26.7 Å². The number of nitrogen functional groups attached to an aromatic ring is 1. The van der Waals surface area contributed by atoms with E-state index in [1.807, 2.05) is 6.92 Å². The molecule has 0 aliphatic rings. The lowest BCUT2D eigenvalue weighted by Crippen LogP contribution is -2.12. The molecule has 0 fully saturated rings. The number of hydrogen-bond acceptors (Lipinski definition) is 4. The van der Waals surface area contributed by atoms with Crippen LogP contribution in [0.2, 0.25) is 0 Å². The highest BCUT2D eigenvalue weighted by atomic mass is 16.5. The zero-order chi connectivity index (χ0) is 9.68. The summed E-state index contributed by atoms with van der Waals surface area (Å²) in [5.41, 5.74) is 5.39. The highest BCUT2D eigenvalue weighted by Crippen LogP contribution is 2.10. The van der Waals surface area contributed by atoms with E-state index in [9.17, 15) is 0 Å². The summed E-state index contributed by atoms with van der Waals surface area (Å²) < 4.78 is 5.48. The monoisotopic (exact) mass is 181 g/mol. The maximum Gasteiger partial charge on any atom is 0.233 e. The van der Waals surface area contributed by atoms with Crippen LogP contribution in [0.3, 0.4) is 0 Å². The van der Waals surface area contributed by atoms with Gasteiger partial charge in [0, 0.05) is 6.07 Å². The van der Waals surface area contributed by atoms with Crippen LogP contribution in [0, 0.1) is 0 Å². The predicted octanol–water partition coefficient (Wildman–Crippen LogP) is 1.63. The van der Waals surface area contributed by atoms with Crippen LogP contribution in [0.5, 0.6) is 5.88 Å². The molecular weight excluding hydrogens is 166 g/mol. The largest absolute Gasteiger partial charge is 0.474 e. The van der Waals surface area contributed by atoms with Crippen LogP contribution in [0.15, 0.2) is 12.1 Å². The minimum atomic E-state index is 0.183. The lowest BCUT2D eigenvalue weighted by Gasteiger charge is -2.11. The molecule has 1 aromatic rings. The summed E-state index contributed by atoms with van der Waals surface area (Å²) in [5.74, 6) is 0.950. The third-order valence-electron chi connectivity index (χ3n) is 1.68. The molecule has 0 spiro atoms. The standard InChI is InChI=1S/C9H15N3O/c1-3-4-7(2)13-9-6-5-8(10)11-12-9/h5-7H,3-4H2,1-2H3,(H2,10,11). The minimum Gasteiger partial charge on any atom is -0.474 e. The Hall–Kier alpha value is -1.32. The van der Waals surface area contributed by atoms with Crippen LogP contribution in [-0.4, -0.2) is 16.3 Å². The molecule has 0 radical (unpaired) electrons. The summed E-state index contributed by atoms with van der Waals surface area (Å²) in [5, 5.41) is 7.50. The fourth-order valence-electron chi connectivity index (χ4n) is 1.06. The fourth-order valence-corrected chi connectivity index (χ4v) is 1.06. The van der Waals surface area contributed by atoms with Gasteiger partial charge in [0.1, 0.15) is 5.82 Å². The molecule has 2 N–H and O–H groups in total. The van der Waals surface area contributed by atoms with Crippen molar-refractivity contribution in [2.75, 3.05) is 5.73 Å². The Morgan fingerprint density at radius 2 is 2.23 bits per heavy atom. The van der Waals surface area contributed by atoms with Gasteiger partial charge in [-0.25, -0.2) is 0 Å². The second-order valence-electron chi connectivity index (χ2n) is 3.01. The van der Waals surface area contributed by atoms with Gasteiger partial charge in [0.2, 0.25) is 5.88 Å². The quantitative estimate of drug-likeness (QED) is 0.766. The van der Waals surface area contributed by atoms with Gasteiger partial charge in [-0.15, -0.1) is 10.2 Å². The number of aromatic nitrogens is 2. The Morgan fingerprint density at radius 1 is 1.46 bits per heavy atom. The zero-order valence-corrected chi connectivity index (χ0v) is 8.03. The Bertz CT molecular complexity index is 248. The van der Waals surface area contributed by atoms with Gasteiger partial charge >= 0.3 is 0 Å². The first kappa shape index (κ1) is 9.77. The molecule has 72 valence electrons. The number of nitrogens with two attached hydrogens (primary N) is 1. The smallest absolute Gasteiger partial charge is 0.233 e. The molecule has 0 bridgehead atoms. The van der Waals surface area contributed by atoms with Gasteiger partial charge in [-0.3, -0.25) is 0 Å². The van der Waals surface area contributed by atoms with Gasteiger partial charge in [0.15, 0.2) is 0 Å². The summed E-state index contributed by atoms with van der Waals surface area (Å²) in [7, 11) is 0. The Kier molecular flexibility index (Phi) is 3.49. The molecule has 4 heteroatoms. The number of nitrogens with zero attached hydrogens (tertiary/aromatic N) is 2. The summed E-state index contributed by atoms with van der Waals surface area (Å²) in [4.78, 5) is 0. The summed E-state index contributed by atoms with van der Waals surface area (Å²) in [6, 6.07) is 3.41. The topological polar surface area (TPSA) is 61.0 Å². The van der Waals surface area contributed by atoms with Crippen molar-refractivity contribution < 1.29 is 4.74 Å². The van der Waals surface area contributed by atoms with Gasteiger partial charge in [-0.1, -0.05) is 13.3 Å². The van der Waals surface area contributed by atoms with Crippen molar-refractivity contribution in [3.05, 3.63) is 12.1 Å². The van der Waals surface area contributed by atoms with Gasteiger partial charge in [-0.05, 0) is 19.4 Å². The number of hydrogen-bond donors (Lipinski definition) is 1. The highest BCUT2D eigenvalue weighted by Gasteiger charge is 2.03. The first-order valence-corrected chi connectivity index (χ1v) is 4.48. The third-order valence-corrected chi connectivity index (χ3v) is 1.68. The van der Waals surface area contributed by atoms with Crippen molar-refractivity contribution in [1.82, 2.24) is 10.2 Å². The molecule has 1 atom stereocenters. The molecule has 13 heavy (non-hydrogen) atoms. The van der Waals surface area contributed by atoms with E-state index in [2.05, 4.69) is 17.1 Å². The average molecular weight is 181 g/mol. The molecule has 1 unspecified atom stereocenters. The SMILES string of the molecule is CCCC(C)Oc1ccc(N)nn1. The van der Waals surface area contributed by atoms with E-state index in [1.54, 1.807) is 12.1 Å². The van der Waals surface area contributed by atoms with E-state index in [0.717, 1.165) is 12.8 Å². The second kappa shape index (κ2) is 4.64. The van der Waals surface area contributed by atoms with Crippen molar-refractivity contribution in [2.24, 2.45) is 0 Å². The second-order valence-corrected chi connectivity index (χ2v) is 3.01. The highest BCUT2D eigenvalue weighted by molar-refractivity contribution is 5.27. The molecule has 0 aliphatic carbocycles. The summed E-state index contributed by atoms with van der Waals surface area (Å²) in [6.07, 6.45) is 2.30. The summed E-state index contributed by atoms with van der Waals surface area (Å²) in [6.45, 7) is 4.13. The molecular formula is C9H15N3O. The number of anilines is 1. The maximum atomic E-state index is 5.48. The molecule has 1 rings (SSSR count). The van der Waals surface area contributed by atoms with E-state index in [1.165, 1.54) is 0 Å². The van der Waals surface area contributed by atoms with Crippen LogP contribution in [0.4, 0.5) is 5.82 Å². The van der Waals surface area contributed by atoms with Crippen LogP contribution < -0.4 is 10.5 Å². The molecule has 0 amide bonds. The van der Waals surface area contributed by atoms with Gasteiger partial charge in [-0.2, -0.15) is 0 Å². The average Bonchev–Trinajstić information content (AvgIpc) is 2.09. The molecule has 1 heterocycles. The Morgan fingerprint density at radius 3 is 2.77 bits per heavy atom. The van der Waals surface area contributed by atoms with E-state index in [0.29, 0.717) is 11.7 Å². The van der Waals surface area contributed by atoms with Gasteiger partial charge in [0.25, 0.3) is 0 Å². The predicted molar refractivity (Wildman–Crippen MR) is 51.4 cm³/mol. The van der Waals surface area contributed by atoms with Crippen molar-refractivity contribution >= 4 is 5.82 Å². The number of ether oxygens (including phenoxy) is 1. The van der Waals surface area contributed by atoms with Gasteiger partial charge < -0.3 is 10.5 Å². The zero-order valence-electron chi connectivity index (χ0n) is 8.03. The van der Waals surface area contributed by atoms with E-state index >= 15 is 0 Å². The van der Waals surface area contributed by atoms with Crippen molar-refractivity contribution in [1.29, 1.82) is 0 Å². The van der Waals surface area contributed by atoms with E-state index < -0.39 is 0 Å². The molecule has 0 aromatic carbocycles. The molecule has 0 saturated carbocycles. The van der Waals surface area contributed by atoms with Crippen LogP contribution >= 0.6 is 0 Å². The van der Waals surface area contributed by atoms with Crippen molar-refractivity contribution in [2.45, 2.75) is 32.8 Å². The summed E-state index contributed by atoms with van der Waals surface area (Å²) >= 11 is 0. The van der Waals surface area contributed by atoms with Gasteiger partial charge in [0.05, 0.1) is 6.10 Å². The Balaban J connectivity index is 2.49. The molecule has 0 saturated heterocycles. The van der Waals surface area contributed by atoms with Crippen molar-refractivity contribution in [3.63, 3.8) is 0 Å². The van der Waals surface area contributed by atoms with E-state index in [-0.39, 0.29) is 6.10 Å². The Labute approximate surface area is 78.1 Å². The van der Waals surface area contributed by atoms with Crippen molar-refractivity contribution in [3.8, 4) is 5.88 Å². The first-order chi connectivity index (χ1) is 6.22. The molecule has 0 aliphatic heterocycles. The molecule has 4 nitrogen and oxygen atoms in total. The normalized spacial score (nSPS) is 12.5. The molecule has 1 aromatic heterocycles. The minimum absolute atomic E-state index is 0.183. The fraction of sp³-hybridized carbons (Fsp3) is 0.556. The maximum absolute atomic E-state index is 5.48. The third kappa shape index (κ3) is 3.27. The lowest BCUT2D eigenvalue weighted by atomic mass is 10.2. The number of rotatable bonds is 4. The van der Waals surface area contributed by atoms with Crippen LogP contribution in [-0.2, 0) is 0 Å². The van der Waals surface area contributed by atoms with Crippen LogP contribution in [0.25, 0.3) is 0 Å². The first-order valence-electron chi connectivity index (χ1n) is 4.48. The lowest BCUT2D eigenvalue weighted by molar-refractivity contribution is 0.199.